The Hall–Kier alpha value is -3.85. The molecule has 0 saturated heterocycles. The topological polar surface area (TPSA) is 114 Å². The van der Waals surface area contributed by atoms with Gasteiger partial charge in [-0.3, -0.25) is 14.3 Å². The van der Waals surface area contributed by atoms with E-state index < -0.39 is 10.0 Å². The van der Waals surface area contributed by atoms with Crippen molar-refractivity contribution in [3.05, 3.63) is 83.9 Å². The van der Waals surface area contributed by atoms with Crippen molar-refractivity contribution >= 4 is 33.2 Å². The molecule has 0 unspecified atom stereocenters. The third kappa shape index (κ3) is 7.58. The molecule has 3 aromatic carbocycles. The Labute approximate surface area is 205 Å². The van der Waals surface area contributed by atoms with Crippen LogP contribution in [0, 0.1) is 5.92 Å². The van der Waals surface area contributed by atoms with Gasteiger partial charge in [-0.1, -0.05) is 26.0 Å². The maximum absolute atomic E-state index is 12.6. The van der Waals surface area contributed by atoms with E-state index in [1.807, 2.05) is 26.0 Å². The van der Waals surface area contributed by atoms with Gasteiger partial charge in [0, 0.05) is 29.9 Å². The SMILES string of the molecule is COc1ccc(NS(=O)(=O)c2ccc(C(=O)NCc3cccc(NC(=O)CC(C)C)c3)cc2)cc1. The average Bonchev–Trinajstić information content (AvgIpc) is 2.82. The summed E-state index contributed by atoms with van der Waals surface area (Å²) in [5.41, 5.74) is 2.22. The second-order valence-corrected chi connectivity index (χ2v) is 10.1. The van der Waals surface area contributed by atoms with E-state index in [-0.39, 0.29) is 29.2 Å². The zero-order valence-corrected chi connectivity index (χ0v) is 20.7. The Kier molecular flexibility index (Phi) is 8.48. The minimum Gasteiger partial charge on any atom is -0.497 e. The van der Waals surface area contributed by atoms with Crippen molar-refractivity contribution in [1.82, 2.24) is 5.32 Å². The Morgan fingerprint density at radius 2 is 1.60 bits per heavy atom. The van der Waals surface area contributed by atoms with E-state index in [0.717, 1.165) is 5.56 Å². The van der Waals surface area contributed by atoms with Crippen LogP contribution in [-0.4, -0.2) is 27.3 Å². The number of anilines is 2. The summed E-state index contributed by atoms with van der Waals surface area (Å²) in [6, 6.07) is 19.4. The summed E-state index contributed by atoms with van der Waals surface area (Å²) >= 11 is 0. The number of carbonyl (C=O) groups excluding carboxylic acids is 2. The predicted octanol–water partition coefficient (Wildman–Crippen LogP) is 4.41. The van der Waals surface area contributed by atoms with Gasteiger partial charge in [-0.15, -0.1) is 0 Å². The zero-order chi connectivity index (χ0) is 25.4. The molecule has 3 aromatic rings. The predicted molar refractivity (Wildman–Crippen MR) is 136 cm³/mol. The molecule has 9 heteroatoms. The van der Waals surface area contributed by atoms with Crippen molar-refractivity contribution in [1.29, 1.82) is 0 Å². The van der Waals surface area contributed by atoms with Gasteiger partial charge < -0.3 is 15.4 Å². The molecule has 3 N–H and O–H groups in total. The Balaban J connectivity index is 1.59. The summed E-state index contributed by atoms with van der Waals surface area (Å²) in [5, 5.41) is 5.66. The van der Waals surface area contributed by atoms with Crippen molar-refractivity contribution in [3.63, 3.8) is 0 Å². The second-order valence-electron chi connectivity index (χ2n) is 8.39. The number of ether oxygens (including phenoxy) is 1. The summed E-state index contributed by atoms with van der Waals surface area (Å²) in [6.07, 6.45) is 0.433. The highest BCUT2D eigenvalue weighted by atomic mass is 32.2. The summed E-state index contributed by atoms with van der Waals surface area (Å²) in [6.45, 7) is 4.21. The monoisotopic (exact) mass is 495 g/mol. The van der Waals surface area contributed by atoms with E-state index in [1.54, 1.807) is 36.4 Å². The van der Waals surface area contributed by atoms with Crippen LogP contribution < -0.4 is 20.1 Å². The number of hydrogen-bond acceptors (Lipinski definition) is 5. The fourth-order valence-electron chi connectivity index (χ4n) is 3.28. The van der Waals surface area contributed by atoms with Gasteiger partial charge in [0.2, 0.25) is 5.91 Å². The lowest BCUT2D eigenvalue weighted by Crippen LogP contribution is -2.23. The molecule has 0 atom stereocenters. The van der Waals surface area contributed by atoms with Gasteiger partial charge in [0.15, 0.2) is 0 Å². The first-order chi connectivity index (χ1) is 16.7. The van der Waals surface area contributed by atoms with Crippen molar-refractivity contribution in [2.75, 3.05) is 17.1 Å². The maximum Gasteiger partial charge on any atom is 0.261 e. The van der Waals surface area contributed by atoms with Gasteiger partial charge in [-0.2, -0.15) is 0 Å². The number of amides is 2. The molecule has 3 rings (SSSR count). The zero-order valence-electron chi connectivity index (χ0n) is 19.9. The fraction of sp³-hybridized carbons (Fsp3) is 0.231. The standard InChI is InChI=1S/C26H29N3O5S/c1-18(2)15-25(30)28-22-6-4-5-19(16-22)17-27-26(31)20-7-13-24(14-8-20)35(32,33)29-21-9-11-23(34-3)12-10-21/h4-14,16,18,29H,15,17H2,1-3H3,(H,27,31)(H,28,30). The molecule has 0 aliphatic rings. The van der Waals surface area contributed by atoms with Crippen LogP contribution in [0.15, 0.2) is 77.7 Å². The molecule has 0 heterocycles. The first-order valence-corrected chi connectivity index (χ1v) is 12.6. The molecular formula is C26H29N3O5S. The molecule has 8 nitrogen and oxygen atoms in total. The lowest BCUT2D eigenvalue weighted by molar-refractivity contribution is -0.116. The summed E-state index contributed by atoms with van der Waals surface area (Å²) in [7, 11) is -2.28. The number of hydrogen-bond donors (Lipinski definition) is 3. The van der Waals surface area contributed by atoms with E-state index >= 15 is 0 Å². The molecule has 0 aliphatic carbocycles. The normalized spacial score (nSPS) is 11.1. The smallest absolute Gasteiger partial charge is 0.261 e. The van der Waals surface area contributed by atoms with Crippen molar-refractivity contribution in [2.24, 2.45) is 5.92 Å². The number of nitrogens with one attached hydrogen (secondary N) is 3. The maximum atomic E-state index is 12.6. The molecule has 0 radical (unpaired) electrons. The van der Waals surface area contributed by atoms with Crippen LogP contribution in [-0.2, 0) is 21.4 Å². The minimum absolute atomic E-state index is 0.0368. The summed E-state index contributed by atoms with van der Waals surface area (Å²) in [4.78, 5) is 24.6. The molecule has 0 spiro atoms. The summed E-state index contributed by atoms with van der Waals surface area (Å²) in [5.74, 6) is 0.479. The number of methoxy groups -OCH3 is 1. The van der Waals surface area contributed by atoms with Crippen LogP contribution in [0.25, 0.3) is 0 Å². The van der Waals surface area contributed by atoms with Gasteiger partial charge in [0.25, 0.3) is 15.9 Å². The molecule has 35 heavy (non-hydrogen) atoms. The minimum atomic E-state index is -3.81. The molecular weight excluding hydrogens is 466 g/mol. The molecule has 0 aromatic heterocycles. The van der Waals surface area contributed by atoms with Crippen LogP contribution in [0.5, 0.6) is 5.75 Å². The van der Waals surface area contributed by atoms with E-state index in [4.69, 9.17) is 4.74 Å². The number of benzene rings is 3. The lowest BCUT2D eigenvalue weighted by atomic mass is 10.1. The highest BCUT2D eigenvalue weighted by molar-refractivity contribution is 7.92. The molecule has 184 valence electrons. The molecule has 0 bridgehead atoms. The highest BCUT2D eigenvalue weighted by Gasteiger charge is 2.15. The first-order valence-electron chi connectivity index (χ1n) is 11.1. The molecule has 0 fully saturated rings. The average molecular weight is 496 g/mol. The Morgan fingerprint density at radius 3 is 2.23 bits per heavy atom. The third-order valence-corrected chi connectivity index (χ3v) is 6.42. The van der Waals surface area contributed by atoms with Gasteiger partial charge in [-0.05, 0) is 72.1 Å². The van der Waals surface area contributed by atoms with Crippen molar-refractivity contribution in [3.8, 4) is 5.75 Å². The van der Waals surface area contributed by atoms with Gasteiger partial charge >= 0.3 is 0 Å². The number of carbonyl (C=O) groups is 2. The number of sulfonamides is 1. The van der Waals surface area contributed by atoms with Crippen molar-refractivity contribution in [2.45, 2.75) is 31.7 Å². The van der Waals surface area contributed by atoms with Crippen LogP contribution in [0.2, 0.25) is 0 Å². The second kappa shape index (κ2) is 11.5. The first kappa shape index (κ1) is 25.8. The Morgan fingerprint density at radius 1 is 0.914 bits per heavy atom. The van der Waals surface area contributed by atoms with E-state index in [9.17, 15) is 18.0 Å². The molecule has 0 saturated carbocycles. The van der Waals surface area contributed by atoms with Gasteiger partial charge in [0.1, 0.15) is 5.75 Å². The lowest BCUT2D eigenvalue weighted by Gasteiger charge is -2.11. The van der Waals surface area contributed by atoms with E-state index in [0.29, 0.717) is 29.1 Å². The fourth-order valence-corrected chi connectivity index (χ4v) is 4.34. The van der Waals surface area contributed by atoms with Crippen LogP contribution in [0.4, 0.5) is 11.4 Å². The molecule has 2 amide bonds. The van der Waals surface area contributed by atoms with E-state index in [2.05, 4.69) is 15.4 Å². The van der Waals surface area contributed by atoms with Crippen LogP contribution in [0.1, 0.15) is 36.2 Å². The van der Waals surface area contributed by atoms with E-state index in [1.165, 1.54) is 31.4 Å². The molecule has 0 aliphatic heterocycles. The van der Waals surface area contributed by atoms with Crippen LogP contribution in [0.3, 0.4) is 0 Å². The Bertz CT molecular complexity index is 1270. The van der Waals surface area contributed by atoms with Crippen LogP contribution >= 0.6 is 0 Å². The van der Waals surface area contributed by atoms with Gasteiger partial charge in [-0.25, -0.2) is 8.42 Å². The largest absolute Gasteiger partial charge is 0.497 e. The number of rotatable bonds is 10. The summed E-state index contributed by atoms with van der Waals surface area (Å²) < 4.78 is 32.9. The van der Waals surface area contributed by atoms with Gasteiger partial charge in [0.05, 0.1) is 12.0 Å². The van der Waals surface area contributed by atoms with Crippen molar-refractivity contribution < 1.29 is 22.7 Å². The quantitative estimate of drug-likeness (QED) is 0.386. The third-order valence-electron chi connectivity index (χ3n) is 5.03. The highest BCUT2D eigenvalue weighted by Crippen LogP contribution is 2.20.